The van der Waals surface area contributed by atoms with Gasteiger partial charge < -0.3 is 4.42 Å². The van der Waals surface area contributed by atoms with E-state index >= 15 is 0 Å². The number of carbonyl (C=O) groups is 2. The van der Waals surface area contributed by atoms with Gasteiger partial charge in [-0.3, -0.25) is 14.9 Å². The van der Waals surface area contributed by atoms with Gasteiger partial charge in [0.25, 0.3) is 17.7 Å². The number of benzene rings is 1. The number of carbonyl (C=O) groups excluding carboxylic acids is 2. The Kier molecular flexibility index (Phi) is 5.71. The van der Waals surface area contributed by atoms with Crippen LogP contribution in [0.5, 0.6) is 0 Å². The van der Waals surface area contributed by atoms with Crippen LogP contribution in [0.15, 0.2) is 41.1 Å². The van der Waals surface area contributed by atoms with E-state index in [1.54, 1.807) is 24.3 Å². The molecule has 1 N–H and O–H groups in total. The maximum atomic E-state index is 12.6. The first-order chi connectivity index (χ1) is 13.8. The Morgan fingerprint density at radius 3 is 2.52 bits per heavy atom. The zero-order valence-corrected chi connectivity index (χ0v) is 15.6. The third-order valence-electron chi connectivity index (χ3n) is 4.27. The van der Waals surface area contributed by atoms with Crippen molar-refractivity contribution in [1.82, 2.24) is 25.5 Å². The Balaban J connectivity index is 1.82. The number of imide groups is 1. The van der Waals surface area contributed by atoms with Crippen molar-refractivity contribution < 1.29 is 22.8 Å². The summed E-state index contributed by atoms with van der Waals surface area (Å²) in [5.41, 5.74) is 0.889. The van der Waals surface area contributed by atoms with Gasteiger partial charge in [0.05, 0.1) is 5.56 Å². The van der Waals surface area contributed by atoms with Gasteiger partial charge in [0, 0.05) is 24.4 Å². The van der Waals surface area contributed by atoms with Crippen molar-refractivity contribution in [3.63, 3.8) is 0 Å². The van der Waals surface area contributed by atoms with E-state index in [4.69, 9.17) is 4.42 Å². The van der Waals surface area contributed by atoms with Crippen LogP contribution in [0.25, 0.3) is 11.5 Å². The maximum Gasteiger partial charge on any atom is 0.314 e. The van der Waals surface area contributed by atoms with E-state index < -0.39 is 23.6 Å². The minimum Gasteiger partial charge on any atom is -0.415 e. The van der Waals surface area contributed by atoms with Crippen molar-refractivity contribution in [3.8, 4) is 11.5 Å². The maximum absolute atomic E-state index is 12.6. The average molecular weight is 401 g/mol. The third kappa shape index (κ3) is 4.48. The number of aromatic nitrogens is 4. The van der Waals surface area contributed by atoms with Gasteiger partial charge in [0.2, 0.25) is 6.41 Å². The number of rotatable bonds is 7. The van der Waals surface area contributed by atoms with Crippen LogP contribution < -0.4 is 5.32 Å². The smallest absolute Gasteiger partial charge is 0.314 e. The number of hydrogen-bond donors (Lipinski definition) is 1. The van der Waals surface area contributed by atoms with Crippen LogP contribution in [0, 0.1) is 0 Å². The normalized spacial score (nSPS) is 11.5. The first-order valence-electron chi connectivity index (χ1n) is 8.58. The molecule has 8 nitrogen and oxygen atoms in total. The molecule has 0 radical (unpaired) electrons. The molecule has 10 heteroatoms. The molecular formula is C19H17F2N5O3. The van der Waals surface area contributed by atoms with Crippen molar-refractivity contribution in [2.45, 2.75) is 32.1 Å². The summed E-state index contributed by atoms with van der Waals surface area (Å²) >= 11 is 0. The quantitative estimate of drug-likeness (QED) is 0.606. The van der Waals surface area contributed by atoms with Crippen LogP contribution >= 0.6 is 0 Å². The summed E-state index contributed by atoms with van der Waals surface area (Å²) in [5, 5.41) is 8.97. The molecule has 0 saturated heterocycles. The van der Waals surface area contributed by atoms with Crippen LogP contribution in [0.2, 0.25) is 0 Å². The summed E-state index contributed by atoms with van der Waals surface area (Å²) < 4.78 is 30.0. The van der Waals surface area contributed by atoms with E-state index in [0.29, 0.717) is 29.8 Å². The van der Waals surface area contributed by atoms with Gasteiger partial charge in [-0.1, -0.05) is 32.0 Å². The second-order valence-electron chi connectivity index (χ2n) is 6.83. The number of amides is 2. The number of alkyl halides is 2. The molecule has 3 aromatic rings. The lowest BCUT2D eigenvalue weighted by molar-refractivity contribution is -0.108. The van der Waals surface area contributed by atoms with E-state index in [2.05, 4.69) is 25.5 Å². The molecule has 0 spiro atoms. The highest BCUT2D eigenvalue weighted by atomic mass is 19.3. The van der Waals surface area contributed by atoms with E-state index in [-0.39, 0.29) is 5.89 Å². The number of nitrogens with zero attached hydrogens (tertiary/aromatic N) is 4. The van der Waals surface area contributed by atoms with E-state index in [1.807, 2.05) is 13.8 Å². The summed E-state index contributed by atoms with van der Waals surface area (Å²) in [6.07, 6.45) is 0.683. The first-order valence-corrected chi connectivity index (χ1v) is 8.58. The Morgan fingerprint density at radius 1 is 1.21 bits per heavy atom. The van der Waals surface area contributed by atoms with Gasteiger partial charge in [0.1, 0.15) is 5.82 Å². The molecule has 0 bridgehead atoms. The lowest BCUT2D eigenvalue weighted by Crippen LogP contribution is -2.29. The predicted molar refractivity (Wildman–Crippen MR) is 97.0 cm³/mol. The molecule has 0 aliphatic rings. The number of nitrogens with one attached hydrogen (secondary N) is 1. The van der Waals surface area contributed by atoms with E-state index in [9.17, 15) is 18.4 Å². The van der Waals surface area contributed by atoms with Crippen LogP contribution in [-0.2, 0) is 16.6 Å². The Labute approximate surface area is 164 Å². The van der Waals surface area contributed by atoms with Crippen molar-refractivity contribution in [3.05, 3.63) is 59.5 Å². The van der Waals surface area contributed by atoms with Crippen molar-refractivity contribution >= 4 is 12.3 Å². The van der Waals surface area contributed by atoms with Crippen LogP contribution in [0.1, 0.15) is 47.9 Å². The fourth-order valence-electron chi connectivity index (χ4n) is 2.89. The molecule has 0 saturated carbocycles. The van der Waals surface area contributed by atoms with Crippen LogP contribution in [0.3, 0.4) is 0 Å². The highest BCUT2D eigenvalue weighted by Gasteiger charge is 2.27. The van der Waals surface area contributed by atoms with Crippen molar-refractivity contribution in [1.29, 1.82) is 0 Å². The molecule has 0 aliphatic carbocycles. The van der Waals surface area contributed by atoms with Crippen molar-refractivity contribution in [2.75, 3.05) is 0 Å². The fraction of sp³-hybridized carbons (Fsp3) is 0.263. The summed E-state index contributed by atoms with van der Waals surface area (Å²) in [7, 11) is 0. The Morgan fingerprint density at radius 2 is 1.90 bits per heavy atom. The van der Waals surface area contributed by atoms with Crippen LogP contribution in [-0.4, -0.2) is 32.5 Å². The molecule has 0 atom stereocenters. The second kappa shape index (κ2) is 8.21. The number of hydrogen-bond acceptors (Lipinski definition) is 7. The molecule has 3 rings (SSSR count). The zero-order valence-electron chi connectivity index (χ0n) is 15.6. The summed E-state index contributed by atoms with van der Waals surface area (Å²) in [4.78, 5) is 31.3. The molecule has 2 heterocycles. The molecular weight excluding hydrogens is 384 g/mol. The van der Waals surface area contributed by atoms with Gasteiger partial charge in [-0.05, 0) is 17.0 Å². The Hall–Kier alpha value is -3.56. The standard InChI is InChI=1S/C19H17F2N5O3/c1-19(2,13-6-4-3-5-12(13)16(28)24-10-27)7-14-22-8-11(9-23-14)17-25-26-18(29-17)15(20)21/h3-6,8-10,15H,7H2,1-2H3,(H,24,27,28). The Bertz CT molecular complexity index is 1020. The number of halogens is 2. The summed E-state index contributed by atoms with van der Waals surface area (Å²) in [6.45, 7) is 3.84. The lowest BCUT2D eigenvalue weighted by Gasteiger charge is -2.26. The van der Waals surface area contributed by atoms with Gasteiger partial charge in [-0.2, -0.15) is 8.78 Å². The predicted octanol–water partition coefficient (Wildman–Crippen LogP) is 2.87. The first kappa shape index (κ1) is 20.2. The topological polar surface area (TPSA) is 111 Å². The van der Waals surface area contributed by atoms with Gasteiger partial charge in [-0.15, -0.1) is 10.2 Å². The molecule has 2 aromatic heterocycles. The minimum absolute atomic E-state index is 0.0954. The molecule has 0 unspecified atom stereocenters. The van der Waals surface area contributed by atoms with E-state index in [0.717, 1.165) is 5.56 Å². The zero-order chi connectivity index (χ0) is 21.0. The monoisotopic (exact) mass is 401 g/mol. The second-order valence-corrected chi connectivity index (χ2v) is 6.83. The highest BCUT2D eigenvalue weighted by Crippen LogP contribution is 2.30. The largest absolute Gasteiger partial charge is 0.415 e. The minimum atomic E-state index is -2.85. The molecule has 0 fully saturated rings. The molecule has 0 aliphatic heterocycles. The SMILES string of the molecule is CC(C)(Cc1ncc(-c2nnc(C(F)F)o2)cn1)c1ccccc1C(=O)NC=O. The third-order valence-corrected chi connectivity index (χ3v) is 4.27. The summed E-state index contributed by atoms with van der Waals surface area (Å²) in [6, 6.07) is 6.95. The van der Waals surface area contributed by atoms with E-state index in [1.165, 1.54) is 12.4 Å². The van der Waals surface area contributed by atoms with Gasteiger partial charge in [0.15, 0.2) is 0 Å². The molecule has 2 amide bonds. The lowest BCUT2D eigenvalue weighted by atomic mass is 9.78. The van der Waals surface area contributed by atoms with Gasteiger partial charge in [-0.25, -0.2) is 9.97 Å². The molecule has 1 aromatic carbocycles. The fourth-order valence-corrected chi connectivity index (χ4v) is 2.89. The highest BCUT2D eigenvalue weighted by molar-refractivity contribution is 6.01. The average Bonchev–Trinajstić information content (AvgIpc) is 3.19. The summed E-state index contributed by atoms with van der Waals surface area (Å²) in [5.74, 6) is -0.887. The van der Waals surface area contributed by atoms with Crippen molar-refractivity contribution in [2.24, 2.45) is 0 Å². The van der Waals surface area contributed by atoms with Gasteiger partial charge >= 0.3 is 6.43 Å². The van der Waals surface area contributed by atoms with Crippen LogP contribution in [0.4, 0.5) is 8.78 Å². The molecule has 150 valence electrons. The molecule has 29 heavy (non-hydrogen) atoms.